The highest BCUT2D eigenvalue weighted by molar-refractivity contribution is 6.06. The van der Waals surface area contributed by atoms with E-state index in [-0.39, 0.29) is 23.2 Å². The second kappa shape index (κ2) is 9.41. The van der Waals surface area contributed by atoms with E-state index in [1.807, 2.05) is 0 Å². The number of amides is 2. The van der Waals surface area contributed by atoms with Gasteiger partial charge in [-0.25, -0.2) is 4.39 Å². The molecule has 1 aliphatic heterocycles. The Morgan fingerprint density at radius 2 is 1.96 bits per heavy atom. The van der Waals surface area contributed by atoms with Crippen LogP contribution in [0.3, 0.4) is 0 Å². The predicted octanol–water partition coefficient (Wildman–Crippen LogP) is 3.44. The van der Waals surface area contributed by atoms with Crippen molar-refractivity contribution in [2.24, 2.45) is 11.8 Å². The first-order valence-corrected chi connectivity index (χ1v) is 9.55. The summed E-state index contributed by atoms with van der Waals surface area (Å²) >= 11 is 0. The Balaban J connectivity index is 1.66. The normalized spacial score (nSPS) is 15.6. The van der Waals surface area contributed by atoms with Crippen molar-refractivity contribution in [3.8, 4) is 0 Å². The van der Waals surface area contributed by atoms with Crippen LogP contribution in [0.1, 0.15) is 36.7 Å². The van der Waals surface area contributed by atoms with Crippen molar-refractivity contribution in [2.45, 2.75) is 26.2 Å². The van der Waals surface area contributed by atoms with Crippen LogP contribution in [-0.4, -0.2) is 29.9 Å². The van der Waals surface area contributed by atoms with Gasteiger partial charge in [0, 0.05) is 12.6 Å². The van der Waals surface area contributed by atoms with Crippen molar-refractivity contribution in [2.75, 3.05) is 23.7 Å². The number of nitrogens with zero attached hydrogens (tertiary/aromatic N) is 1. The van der Waals surface area contributed by atoms with Crippen molar-refractivity contribution in [1.29, 1.82) is 0 Å². The van der Waals surface area contributed by atoms with Gasteiger partial charge in [0.15, 0.2) is 0 Å². The maximum atomic E-state index is 13.7. The summed E-state index contributed by atoms with van der Waals surface area (Å²) in [5.41, 5.74) is 0.815. The Kier molecular flexibility index (Phi) is 6.71. The number of rotatable bonds is 6. The molecular weight excluding hydrogens is 359 g/mol. The molecule has 2 heterocycles. The Morgan fingerprint density at radius 3 is 2.68 bits per heavy atom. The fourth-order valence-electron chi connectivity index (χ4n) is 3.49. The highest BCUT2D eigenvalue weighted by atomic mass is 19.1. The number of carbonyl (C=O) groups excluding carboxylic acids is 2. The smallest absolute Gasteiger partial charge is 0.274 e. The van der Waals surface area contributed by atoms with Crippen molar-refractivity contribution >= 4 is 23.2 Å². The first-order valence-electron chi connectivity index (χ1n) is 9.55. The summed E-state index contributed by atoms with van der Waals surface area (Å²) in [7, 11) is 0. The molecule has 2 amide bonds. The summed E-state index contributed by atoms with van der Waals surface area (Å²) in [6, 6.07) is 8.88. The number of hydrogen-bond acceptors (Lipinski definition) is 4. The quantitative estimate of drug-likeness (QED) is 0.712. The standard InChI is InChI=1S/C21H25FN4O2/c1-14(15-7-10-23-11-8-15)12-20(27)25-19-13-16(22)5-6-17(19)26-21(28)18-4-2-3-9-24-18/h2-6,9,13-15,23H,7-8,10-12H2,1H3,(H,25,27)(H,26,28). The van der Waals surface area contributed by atoms with Gasteiger partial charge in [-0.05, 0) is 68.1 Å². The molecule has 1 atom stereocenters. The average molecular weight is 384 g/mol. The second-order valence-electron chi connectivity index (χ2n) is 7.18. The van der Waals surface area contributed by atoms with E-state index < -0.39 is 11.7 Å². The topological polar surface area (TPSA) is 83.1 Å². The van der Waals surface area contributed by atoms with E-state index >= 15 is 0 Å². The molecule has 28 heavy (non-hydrogen) atoms. The molecule has 1 aliphatic rings. The van der Waals surface area contributed by atoms with Crippen LogP contribution in [0, 0.1) is 17.7 Å². The van der Waals surface area contributed by atoms with Gasteiger partial charge in [-0.1, -0.05) is 13.0 Å². The molecule has 1 aromatic heterocycles. The second-order valence-corrected chi connectivity index (χ2v) is 7.18. The number of carbonyl (C=O) groups is 2. The number of anilines is 2. The fourth-order valence-corrected chi connectivity index (χ4v) is 3.49. The predicted molar refractivity (Wildman–Crippen MR) is 107 cm³/mol. The minimum absolute atomic E-state index is 0.190. The number of benzene rings is 1. The molecule has 7 heteroatoms. The molecule has 0 saturated carbocycles. The molecule has 0 radical (unpaired) electrons. The molecule has 6 nitrogen and oxygen atoms in total. The van der Waals surface area contributed by atoms with Gasteiger partial charge in [0.05, 0.1) is 11.4 Å². The highest BCUT2D eigenvalue weighted by Crippen LogP contribution is 2.27. The number of aromatic nitrogens is 1. The van der Waals surface area contributed by atoms with E-state index in [1.54, 1.807) is 18.2 Å². The molecule has 1 fully saturated rings. The molecule has 1 unspecified atom stereocenters. The van der Waals surface area contributed by atoms with Crippen LogP contribution in [0.2, 0.25) is 0 Å². The Labute approximate surface area is 163 Å². The van der Waals surface area contributed by atoms with Gasteiger partial charge in [0.1, 0.15) is 11.5 Å². The van der Waals surface area contributed by atoms with Gasteiger partial charge in [-0.15, -0.1) is 0 Å². The summed E-state index contributed by atoms with van der Waals surface area (Å²) < 4.78 is 13.7. The first kappa shape index (κ1) is 19.9. The summed E-state index contributed by atoms with van der Waals surface area (Å²) in [6.07, 6.45) is 3.98. The van der Waals surface area contributed by atoms with Crippen LogP contribution in [0.15, 0.2) is 42.6 Å². The molecule has 1 saturated heterocycles. The molecule has 0 aliphatic carbocycles. The van der Waals surface area contributed by atoms with Gasteiger partial charge >= 0.3 is 0 Å². The monoisotopic (exact) mass is 384 g/mol. The van der Waals surface area contributed by atoms with Crippen LogP contribution >= 0.6 is 0 Å². The highest BCUT2D eigenvalue weighted by Gasteiger charge is 2.22. The van der Waals surface area contributed by atoms with Crippen LogP contribution < -0.4 is 16.0 Å². The Morgan fingerprint density at radius 1 is 1.18 bits per heavy atom. The number of hydrogen-bond donors (Lipinski definition) is 3. The van der Waals surface area contributed by atoms with E-state index in [4.69, 9.17) is 0 Å². The summed E-state index contributed by atoms with van der Waals surface area (Å²) in [6.45, 7) is 4.03. The largest absolute Gasteiger partial charge is 0.324 e. The third-order valence-electron chi connectivity index (χ3n) is 5.10. The Hall–Kier alpha value is -2.80. The van der Waals surface area contributed by atoms with Crippen molar-refractivity contribution in [1.82, 2.24) is 10.3 Å². The lowest BCUT2D eigenvalue weighted by Crippen LogP contribution is -2.32. The number of halogens is 1. The van der Waals surface area contributed by atoms with E-state index in [1.165, 1.54) is 24.4 Å². The van der Waals surface area contributed by atoms with E-state index in [9.17, 15) is 14.0 Å². The minimum Gasteiger partial charge on any atom is -0.324 e. The van der Waals surface area contributed by atoms with Gasteiger partial charge in [0.25, 0.3) is 5.91 Å². The maximum absolute atomic E-state index is 13.7. The van der Waals surface area contributed by atoms with E-state index in [2.05, 4.69) is 27.9 Å². The number of pyridine rings is 1. The molecule has 1 aromatic carbocycles. The lowest BCUT2D eigenvalue weighted by Gasteiger charge is -2.28. The first-order chi connectivity index (χ1) is 13.5. The molecule has 0 spiro atoms. The lowest BCUT2D eigenvalue weighted by atomic mass is 9.84. The number of nitrogens with one attached hydrogen (secondary N) is 3. The minimum atomic E-state index is -0.488. The van der Waals surface area contributed by atoms with Crippen LogP contribution in [0.4, 0.5) is 15.8 Å². The summed E-state index contributed by atoms with van der Waals surface area (Å²) in [5.74, 6) is -0.363. The molecule has 3 rings (SSSR count). The molecule has 2 aromatic rings. The van der Waals surface area contributed by atoms with E-state index in [0.29, 0.717) is 18.0 Å². The summed E-state index contributed by atoms with van der Waals surface area (Å²) in [4.78, 5) is 28.8. The molecular formula is C21H25FN4O2. The molecule has 148 valence electrons. The Bertz CT molecular complexity index is 822. The van der Waals surface area contributed by atoms with Crippen molar-refractivity contribution in [3.05, 3.63) is 54.1 Å². The number of piperidine rings is 1. The zero-order valence-corrected chi connectivity index (χ0v) is 15.9. The van der Waals surface area contributed by atoms with Crippen LogP contribution in [0.5, 0.6) is 0 Å². The SMILES string of the molecule is CC(CC(=O)Nc1cc(F)ccc1NC(=O)c1ccccn1)C1CCNCC1. The van der Waals surface area contributed by atoms with Gasteiger partial charge in [0.2, 0.25) is 5.91 Å². The lowest BCUT2D eigenvalue weighted by molar-refractivity contribution is -0.117. The van der Waals surface area contributed by atoms with Crippen molar-refractivity contribution < 1.29 is 14.0 Å². The zero-order chi connectivity index (χ0) is 19.9. The zero-order valence-electron chi connectivity index (χ0n) is 15.9. The van der Waals surface area contributed by atoms with Gasteiger partial charge < -0.3 is 16.0 Å². The van der Waals surface area contributed by atoms with Crippen LogP contribution in [0.25, 0.3) is 0 Å². The average Bonchev–Trinajstić information content (AvgIpc) is 2.71. The van der Waals surface area contributed by atoms with Crippen molar-refractivity contribution in [3.63, 3.8) is 0 Å². The van der Waals surface area contributed by atoms with Gasteiger partial charge in [-0.2, -0.15) is 0 Å². The van der Waals surface area contributed by atoms with Crippen LogP contribution in [-0.2, 0) is 4.79 Å². The molecule has 0 bridgehead atoms. The fraction of sp³-hybridized carbons (Fsp3) is 0.381. The molecule has 3 N–H and O–H groups in total. The third-order valence-corrected chi connectivity index (χ3v) is 5.10. The third kappa shape index (κ3) is 5.36. The maximum Gasteiger partial charge on any atom is 0.274 e. The van der Waals surface area contributed by atoms with Gasteiger partial charge in [-0.3, -0.25) is 14.6 Å². The van der Waals surface area contributed by atoms with E-state index in [0.717, 1.165) is 25.9 Å². The summed E-state index contributed by atoms with van der Waals surface area (Å²) in [5, 5.41) is 8.75.